The second-order valence-corrected chi connectivity index (χ2v) is 7.71. The Labute approximate surface area is 131 Å². The van der Waals surface area contributed by atoms with Crippen molar-refractivity contribution in [2.24, 2.45) is 11.3 Å². The molecule has 0 saturated heterocycles. The van der Waals surface area contributed by atoms with Crippen LogP contribution in [-0.4, -0.2) is 50.3 Å². The van der Waals surface area contributed by atoms with Gasteiger partial charge in [-0.2, -0.15) is 0 Å². The molecular formula is C18H36N2O. The molecule has 2 aliphatic carbocycles. The number of hydrogen-bond donors (Lipinski definition) is 1. The second-order valence-electron chi connectivity index (χ2n) is 7.71. The Morgan fingerprint density at radius 2 is 1.86 bits per heavy atom. The lowest BCUT2D eigenvalue weighted by atomic mass is 9.55. The van der Waals surface area contributed by atoms with Crippen LogP contribution in [0.5, 0.6) is 0 Å². The summed E-state index contributed by atoms with van der Waals surface area (Å²) < 4.78 is 6.05. The highest BCUT2D eigenvalue weighted by molar-refractivity contribution is 5.09. The third-order valence-corrected chi connectivity index (χ3v) is 5.94. The fourth-order valence-corrected chi connectivity index (χ4v) is 4.63. The van der Waals surface area contributed by atoms with Gasteiger partial charge in [0.1, 0.15) is 0 Å². The molecule has 3 unspecified atom stereocenters. The van der Waals surface area contributed by atoms with E-state index < -0.39 is 0 Å². The first-order valence-electron chi connectivity index (χ1n) is 9.02. The van der Waals surface area contributed by atoms with Crippen LogP contribution in [0, 0.1) is 11.3 Å². The maximum absolute atomic E-state index is 6.05. The first kappa shape index (κ1) is 17.2. The number of hydrogen-bond acceptors (Lipinski definition) is 3. The average molecular weight is 296 g/mol. The van der Waals surface area contributed by atoms with E-state index in [0.717, 1.165) is 13.2 Å². The summed E-state index contributed by atoms with van der Waals surface area (Å²) in [7, 11) is 4.40. The third-order valence-electron chi connectivity index (χ3n) is 5.94. The zero-order valence-electron chi connectivity index (χ0n) is 14.8. The maximum Gasteiger partial charge on any atom is 0.0661 e. The van der Waals surface area contributed by atoms with Crippen molar-refractivity contribution in [3.05, 3.63) is 0 Å². The Bertz CT molecular complexity index is 302. The molecule has 1 N–H and O–H groups in total. The Morgan fingerprint density at radius 1 is 1.19 bits per heavy atom. The molecule has 0 amide bonds. The molecule has 124 valence electrons. The van der Waals surface area contributed by atoms with Gasteiger partial charge in [0.25, 0.3) is 0 Å². The average Bonchev–Trinajstić information content (AvgIpc) is 2.45. The van der Waals surface area contributed by atoms with Gasteiger partial charge in [-0.15, -0.1) is 0 Å². The summed E-state index contributed by atoms with van der Waals surface area (Å²) in [6.07, 6.45) is 8.66. The Morgan fingerprint density at radius 3 is 2.38 bits per heavy atom. The number of ether oxygens (including phenoxy) is 1. The van der Waals surface area contributed by atoms with Gasteiger partial charge < -0.3 is 15.0 Å². The highest BCUT2D eigenvalue weighted by atomic mass is 16.5. The van der Waals surface area contributed by atoms with Crippen molar-refractivity contribution in [3.8, 4) is 0 Å². The van der Waals surface area contributed by atoms with E-state index in [1.54, 1.807) is 0 Å². The van der Waals surface area contributed by atoms with Crippen LogP contribution in [0.15, 0.2) is 0 Å². The molecule has 2 fully saturated rings. The molecule has 0 aromatic heterocycles. The van der Waals surface area contributed by atoms with Gasteiger partial charge in [0.2, 0.25) is 0 Å². The molecule has 3 heteroatoms. The summed E-state index contributed by atoms with van der Waals surface area (Å²) in [6, 6.07) is 1.30. The molecule has 3 nitrogen and oxygen atoms in total. The normalized spacial score (nSPS) is 29.9. The van der Waals surface area contributed by atoms with Crippen molar-refractivity contribution in [1.29, 1.82) is 0 Å². The maximum atomic E-state index is 6.05. The molecule has 0 radical (unpaired) electrons. The molecule has 0 heterocycles. The lowest BCUT2D eigenvalue weighted by Gasteiger charge is -2.58. The number of likely N-dealkylation sites (N-methyl/N-ethyl adjacent to an activating group) is 1. The van der Waals surface area contributed by atoms with Gasteiger partial charge in [0, 0.05) is 30.7 Å². The molecule has 0 bridgehead atoms. The standard InChI is InChI=1S/C18H36N2O/c1-6-21-17-12-16(18(17)10-8-7-9-11-18)19-13-15(14(2)3)20(4)5/h14-17,19H,6-13H2,1-5H3. The predicted octanol–water partition coefficient (Wildman–Crippen LogP) is 3.29. The highest BCUT2D eigenvalue weighted by Gasteiger charge is 2.55. The number of rotatable bonds is 7. The van der Waals surface area contributed by atoms with Crippen LogP contribution in [-0.2, 0) is 4.74 Å². The van der Waals surface area contributed by atoms with E-state index in [9.17, 15) is 0 Å². The van der Waals surface area contributed by atoms with Gasteiger partial charge in [-0.3, -0.25) is 0 Å². The summed E-state index contributed by atoms with van der Waals surface area (Å²) in [4.78, 5) is 2.36. The minimum atomic E-state index is 0.447. The van der Waals surface area contributed by atoms with Gasteiger partial charge in [-0.05, 0) is 46.2 Å². The minimum absolute atomic E-state index is 0.447. The largest absolute Gasteiger partial charge is 0.378 e. The van der Waals surface area contributed by atoms with Crippen LogP contribution < -0.4 is 5.32 Å². The van der Waals surface area contributed by atoms with E-state index in [0.29, 0.717) is 29.5 Å². The van der Waals surface area contributed by atoms with E-state index in [1.807, 2.05) is 0 Å². The molecular weight excluding hydrogens is 260 g/mol. The fraction of sp³-hybridized carbons (Fsp3) is 1.00. The minimum Gasteiger partial charge on any atom is -0.378 e. The monoisotopic (exact) mass is 296 g/mol. The zero-order valence-corrected chi connectivity index (χ0v) is 14.8. The SMILES string of the molecule is CCOC1CC(NCC(C(C)C)N(C)C)C12CCCCC2. The first-order valence-corrected chi connectivity index (χ1v) is 9.02. The molecule has 0 aromatic carbocycles. The van der Waals surface area contributed by atoms with Crippen molar-refractivity contribution < 1.29 is 4.74 Å². The van der Waals surface area contributed by atoms with Crippen molar-refractivity contribution in [1.82, 2.24) is 10.2 Å². The van der Waals surface area contributed by atoms with Crippen LogP contribution >= 0.6 is 0 Å². The van der Waals surface area contributed by atoms with Gasteiger partial charge in [0.15, 0.2) is 0 Å². The lowest BCUT2D eigenvalue weighted by molar-refractivity contribution is -0.150. The molecule has 0 aliphatic heterocycles. The molecule has 2 rings (SSSR count). The van der Waals surface area contributed by atoms with Crippen LogP contribution in [0.25, 0.3) is 0 Å². The lowest BCUT2D eigenvalue weighted by Crippen LogP contribution is -2.65. The quantitative estimate of drug-likeness (QED) is 0.780. The predicted molar refractivity (Wildman–Crippen MR) is 89.7 cm³/mol. The summed E-state index contributed by atoms with van der Waals surface area (Å²) in [5.41, 5.74) is 0.447. The van der Waals surface area contributed by atoms with Gasteiger partial charge >= 0.3 is 0 Å². The summed E-state index contributed by atoms with van der Waals surface area (Å²) in [5.74, 6) is 0.692. The number of nitrogens with zero attached hydrogens (tertiary/aromatic N) is 1. The fourth-order valence-electron chi connectivity index (χ4n) is 4.63. The Balaban J connectivity index is 1.93. The zero-order chi connectivity index (χ0) is 15.5. The molecule has 2 saturated carbocycles. The Hall–Kier alpha value is -0.120. The van der Waals surface area contributed by atoms with Crippen molar-refractivity contribution in [3.63, 3.8) is 0 Å². The van der Waals surface area contributed by atoms with Gasteiger partial charge in [0.05, 0.1) is 6.10 Å². The van der Waals surface area contributed by atoms with Gasteiger partial charge in [-0.1, -0.05) is 33.1 Å². The van der Waals surface area contributed by atoms with E-state index in [1.165, 1.54) is 38.5 Å². The third kappa shape index (κ3) is 3.62. The van der Waals surface area contributed by atoms with E-state index in [-0.39, 0.29) is 0 Å². The summed E-state index contributed by atoms with van der Waals surface area (Å²) >= 11 is 0. The van der Waals surface area contributed by atoms with Gasteiger partial charge in [-0.25, -0.2) is 0 Å². The van der Waals surface area contributed by atoms with Crippen LogP contribution in [0.2, 0.25) is 0 Å². The molecule has 3 atom stereocenters. The van der Waals surface area contributed by atoms with E-state index >= 15 is 0 Å². The molecule has 1 spiro atoms. The summed E-state index contributed by atoms with van der Waals surface area (Å²) in [5, 5.41) is 3.91. The van der Waals surface area contributed by atoms with Crippen molar-refractivity contribution >= 4 is 0 Å². The van der Waals surface area contributed by atoms with Crippen molar-refractivity contribution in [2.45, 2.75) is 77.5 Å². The first-order chi connectivity index (χ1) is 10.0. The van der Waals surface area contributed by atoms with E-state index in [4.69, 9.17) is 4.74 Å². The van der Waals surface area contributed by atoms with Crippen molar-refractivity contribution in [2.75, 3.05) is 27.2 Å². The second kappa shape index (κ2) is 7.43. The molecule has 21 heavy (non-hydrogen) atoms. The van der Waals surface area contributed by atoms with Crippen LogP contribution in [0.4, 0.5) is 0 Å². The topological polar surface area (TPSA) is 24.5 Å². The van der Waals surface area contributed by atoms with Crippen LogP contribution in [0.1, 0.15) is 59.3 Å². The smallest absolute Gasteiger partial charge is 0.0661 e. The van der Waals surface area contributed by atoms with Crippen LogP contribution in [0.3, 0.4) is 0 Å². The highest BCUT2D eigenvalue weighted by Crippen LogP contribution is 2.53. The van der Waals surface area contributed by atoms with E-state index in [2.05, 4.69) is 45.1 Å². The molecule has 2 aliphatic rings. The summed E-state index contributed by atoms with van der Waals surface area (Å²) in [6.45, 7) is 8.76. The number of nitrogens with one attached hydrogen (secondary N) is 1. The molecule has 0 aromatic rings. The Kier molecular flexibility index (Phi) is 6.10.